The quantitative estimate of drug-likeness (QED) is 0.650. The third-order valence-corrected chi connectivity index (χ3v) is 3.44. The summed E-state index contributed by atoms with van der Waals surface area (Å²) in [5.74, 6) is -0.435. The van der Waals surface area contributed by atoms with Gasteiger partial charge in [-0.05, 0) is 24.1 Å². The lowest BCUT2D eigenvalue weighted by atomic mass is 10.2. The van der Waals surface area contributed by atoms with Crippen molar-refractivity contribution in [1.29, 1.82) is 0 Å². The van der Waals surface area contributed by atoms with Crippen molar-refractivity contribution in [1.82, 2.24) is 0 Å². The summed E-state index contributed by atoms with van der Waals surface area (Å²) in [5.41, 5.74) is 7.02. The van der Waals surface area contributed by atoms with Gasteiger partial charge in [-0.1, -0.05) is 42.5 Å². The molecule has 0 spiro atoms. The lowest BCUT2D eigenvalue weighted by molar-refractivity contribution is 0.0997. The third-order valence-electron chi connectivity index (χ3n) is 2.62. The summed E-state index contributed by atoms with van der Waals surface area (Å²) < 4.78 is 5.52. The van der Waals surface area contributed by atoms with Crippen molar-refractivity contribution in [2.24, 2.45) is 5.73 Å². The van der Waals surface area contributed by atoms with E-state index < -0.39 is 5.91 Å². The second kappa shape index (κ2) is 6.97. The van der Waals surface area contributed by atoms with E-state index in [4.69, 9.17) is 9.92 Å². The van der Waals surface area contributed by atoms with Crippen molar-refractivity contribution < 1.29 is 8.98 Å². The molecule has 2 aromatic carbocycles. The number of amides is 1. The Morgan fingerprint density at radius 3 is 2.47 bits per heavy atom. The van der Waals surface area contributed by atoms with Crippen molar-refractivity contribution in [3.05, 3.63) is 65.7 Å². The Balaban J connectivity index is 1.85. The fourth-order valence-corrected chi connectivity index (χ4v) is 2.34. The fraction of sp³-hybridized carbons (Fsp3) is 0.133. The molecule has 98 valence electrons. The van der Waals surface area contributed by atoms with Gasteiger partial charge in [-0.15, -0.1) is 0 Å². The highest BCUT2D eigenvalue weighted by molar-refractivity contribution is 7.94. The molecular weight excluding hydrogens is 258 g/mol. The molecular formula is C15H15NO2S. The summed E-state index contributed by atoms with van der Waals surface area (Å²) in [4.78, 5) is 12.0. The van der Waals surface area contributed by atoms with Crippen molar-refractivity contribution in [3.8, 4) is 0 Å². The van der Waals surface area contributed by atoms with Gasteiger partial charge < -0.3 is 9.92 Å². The molecule has 0 radical (unpaired) electrons. The van der Waals surface area contributed by atoms with Gasteiger partial charge in [-0.25, -0.2) is 0 Å². The van der Waals surface area contributed by atoms with Crippen LogP contribution >= 0.6 is 12.0 Å². The van der Waals surface area contributed by atoms with Gasteiger partial charge in [0.25, 0.3) is 0 Å². The smallest absolute Gasteiger partial charge is 0.249 e. The highest BCUT2D eigenvalue weighted by atomic mass is 32.2. The number of carbonyl (C=O) groups excluding carboxylic acids is 1. The van der Waals surface area contributed by atoms with Gasteiger partial charge in [-0.3, -0.25) is 4.79 Å². The molecule has 0 aliphatic carbocycles. The van der Waals surface area contributed by atoms with Crippen LogP contribution in [0.1, 0.15) is 15.9 Å². The summed E-state index contributed by atoms with van der Waals surface area (Å²) in [6.07, 6.45) is 0.840. The third kappa shape index (κ3) is 4.12. The fourth-order valence-electron chi connectivity index (χ4n) is 1.65. The average Bonchev–Trinajstić information content (AvgIpc) is 2.45. The van der Waals surface area contributed by atoms with Crippen molar-refractivity contribution in [2.45, 2.75) is 11.3 Å². The Bertz CT molecular complexity index is 543. The zero-order chi connectivity index (χ0) is 13.5. The monoisotopic (exact) mass is 273 g/mol. The van der Waals surface area contributed by atoms with Crippen LogP contribution in [0, 0.1) is 0 Å². The first-order valence-corrected chi connectivity index (χ1v) is 6.74. The van der Waals surface area contributed by atoms with E-state index in [2.05, 4.69) is 12.1 Å². The van der Waals surface area contributed by atoms with E-state index in [1.165, 1.54) is 17.6 Å². The van der Waals surface area contributed by atoms with E-state index in [0.29, 0.717) is 12.2 Å². The van der Waals surface area contributed by atoms with E-state index in [-0.39, 0.29) is 0 Å². The number of rotatable bonds is 6. The molecule has 0 unspecified atom stereocenters. The summed E-state index contributed by atoms with van der Waals surface area (Å²) in [6.45, 7) is 0.585. The summed E-state index contributed by atoms with van der Waals surface area (Å²) in [6, 6.07) is 17.3. The van der Waals surface area contributed by atoms with E-state index in [1.807, 2.05) is 30.3 Å². The predicted octanol–water partition coefficient (Wildman–Crippen LogP) is 3.05. The van der Waals surface area contributed by atoms with E-state index in [1.54, 1.807) is 12.1 Å². The molecule has 0 aromatic heterocycles. The summed E-state index contributed by atoms with van der Waals surface area (Å²) in [5, 5.41) is 0. The van der Waals surface area contributed by atoms with Crippen molar-refractivity contribution >= 4 is 17.9 Å². The molecule has 0 fully saturated rings. The normalized spacial score (nSPS) is 10.3. The first kappa shape index (κ1) is 13.6. The number of hydrogen-bond donors (Lipinski definition) is 1. The maximum atomic E-state index is 11.2. The van der Waals surface area contributed by atoms with Crippen LogP contribution in [0.3, 0.4) is 0 Å². The van der Waals surface area contributed by atoms with Crippen LogP contribution in [-0.2, 0) is 10.6 Å². The Labute approximate surface area is 117 Å². The van der Waals surface area contributed by atoms with Gasteiger partial charge in [0, 0.05) is 16.9 Å². The van der Waals surface area contributed by atoms with Gasteiger partial charge in [0.1, 0.15) is 0 Å². The highest BCUT2D eigenvalue weighted by Crippen LogP contribution is 2.23. The van der Waals surface area contributed by atoms with Crippen molar-refractivity contribution in [3.63, 3.8) is 0 Å². The molecule has 0 saturated carbocycles. The van der Waals surface area contributed by atoms with E-state index >= 15 is 0 Å². The molecule has 0 aliphatic heterocycles. The molecule has 0 heterocycles. The average molecular weight is 273 g/mol. The molecule has 2 rings (SSSR count). The number of carbonyl (C=O) groups is 1. The number of hydrogen-bond acceptors (Lipinski definition) is 3. The standard InChI is InChI=1S/C15H15NO2S/c16-15(17)13-8-4-5-9-14(13)19-18-11-10-12-6-2-1-3-7-12/h1-9H,10-11H2,(H2,16,17). The van der Waals surface area contributed by atoms with Crippen LogP contribution < -0.4 is 5.73 Å². The Kier molecular flexibility index (Phi) is 5.01. The maximum absolute atomic E-state index is 11.2. The minimum Gasteiger partial charge on any atom is -0.366 e. The predicted molar refractivity (Wildman–Crippen MR) is 76.9 cm³/mol. The zero-order valence-corrected chi connectivity index (χ0v) is 11.2. The summed E-state index contributed by atoms with van der Waals surface area (Å²) >= 11 is 1.19. The Hall–Kier alpha value is -1.78. The Morgan fingerprint density at radius 1 is 1.05 bits per heavy atom. The molecule has 19 heavy (non-hydrogen) atoms. The van der Waals surface area contributed by atoms with Gasteiger partial charge in [-0.2, -0.15) is 0 Å². The minimum absolute atomic E-state index is 0.435. The molecule has 0 saturated heterocycles. The van der Waals surface area contributed by atoms with Gasteiger partial charge in [0.15, 0.2) is 0 Å². The van der Waals surface area contributed by atoms with Crippen LogP contribution in [0.5, 0.6) is 0 Å². The minimum atomic E-state index is -0.435. The van der Waals surface area contributed by atoms with Gasteiger partial charge >= 0.3 is 0 Å². The van der Waals surface area contributed by atoms with E-state index in [0.717, 1.165) is 11.3 Å². The first-order chi connectivity index (χ1) is 9.27. The molecule has 1 amide bonds. The second-order valence-corrected chi connectivity index (χ2v) is 4.84. The van der Waals surface area contributed by atoms with Crippen molar-refractivity contribution in [2.75, 3.05) is 6.61 Å². The maximum Gasteiger partial charge on any atom is 0.249 e. The van der Waals surface area contributed by atoms with Crippen LogP contribution in [0.15, 0.2) is 59.5 Å². The van der Waals surface area contributed by atoms with E-state index in [9.17, 15) is 4.79 Å². The first-order valence-electron chi connectivity index (χ1n) is 5.99. The number of primary amides is 1. The lowest BCUT2D eigenvalue weighted by Crippen LogP contribution is -2.12. The van der Waals surface area contributed by atoms with Crippen LogP contribution in [0.25, 0.3) is 0 Å². The highest BCUT2D eigenvalue weighted by Gasteiger charge is 2.07. The van der Waals surface area contributed by atoms with Crippen LogP contribution in [-0.4, -0.2) is 12.5 Å². The molecule has 0 aliphatic rings. The van der Waals surface area contributed by atoms with Gasteiger partial charge in [0.05, 0.1) is 12.2 Å². The topological polar surface area (TPSA) is 52.3 Å². The SMILES string of the molecule is NC(=O)c1ccccc1SOCCc1ccccc1. The van der Waals surface area contributed by atoms with Crippen LogP contribution in [0.2, 0.25) is 0 Å². The summed E-state index contributed by atoms with van der Waals surface area (Å²) in [7, 11) is 0. The largest absolute Gasteiger partial charge is 0.366 e. The second-order valence-electron chi connectivity index (χ2n) is 4.00. The lowest BCUT2D eigenvalue weighted by Gasteiger charge is -2.06. The molecule has 2 N–H and O–H groups in total. The van der Waals surface area contributed by atoms with Crippen LogP contribution in [0.4, 0.5) is 0 Å². The number of benzene rings is 2. The zero-order valence-electron chi connectivity index (χ0n) is 10.4. The number of nitrogens with two attached hydrogens (primary N) is 1. The molecule has 0 atom stereocenters. The molecule has 3 nitrogen and oxygen atoms in total. The molecule has 0 bridgehead atoms. The Morgan fingerprint density at radius 2 is 1.74 bits per heavy atom. The van der Waals surface area contributed by atoms with Gasteiger partial charge in [0.2, 0.25) is 5.91 Å². The molecule has 4 heteroatoms. The molecule has 2 aromatic rings.